The summed E-state index contributed by atoms with van der Waals surface area (Å²) in [5, 5.41) is 0. The summed E-state index contributed by atoms with van der Waals surface area (Å²) in [4.78, 5) is 112. The van der Waals surface area contributed by atoms with E-state index in [-0.39, 0.29) is 22.1 Å². The minimum atomic E-state index is -0.515. The van der Waals surface area contributed by atoms with Crippen LogP contribution in [0.4, 0.5) is 0 Å². The van der Waals surface area contributed by atoms with Crippen LogP contribution >= 0.6 is 0 Å². The summed E-state index contributed by atoms with van der Waals surface area (Å²) in [5.41, 5.74) is 17.8. The molecule has 0 radical (unpaired) electrons. The molecule has 11 aromatic rings. The Labute approximate surface area is 528 Å². The molecule has 0 saturated heterocycles. The van der Waals surface area contributed by atoms with E-state index < -0.39 is 22.2 Å². The van der Waals surface area contributed by atoms with E-state index in [2.05, 4.69) is 105 Å². The highest BCUT2D eigenvalue weighted by Crippen LogP contribution is 2.31. The maximum Gasteiger partial charge on any atom is 0.274 e. The molecule has 0 unspecified atom stereocenters. The number of rotatable bonds is 8. The maximum absolute atomic E-state index is 14.1. The van der Waals surface area contributed by atoms with Crippen molar-refractivity contribution in [3.8, 4) is 0 Å². The van der Waals surface area contributed by atoms with Crippen LogP contribution in [0, 0.1) is 27.7 Å². The normalized spacial score (nSPS) is 11.1. The lowest BCUT2D eigenvalue weighted by atomic mass is 10.0. The highest BCUT2D eigenvalue weighted by molar-refractivity contribution is 5.91. The Morgan fingerprint density at radius 2 is 0.467 bits per heavy atom. The second-order valence-electron chi connectivity index (χ2n) is 22.8. The quantitative estimate of drug-likeness (QED) is 0.0712. The van der Waals surface area contributed by atoms with Crippen LogP contribution in [0.3, 0.4) is 0 Å². The third kappa shape index (κ3) is 13.4. The molecule has 0 amide bonds. The van der Waals surface area contributed by atoms with Crippen molar-refractivity contribution in [1.29, 1.82) is 0 Å². The number of aromatic amines is 8. The van der Waals surface area contributed by atoms with Crippen molar-refractivity contribution in [3.05, 3.63) is 244 Å². The van der Waals surface area contributed by atoms with E-state index in [1.165, 1.54) is 0 Å². The summed E-state index contributed by atoms with van der Waals surface area (Å²) in [6, 6.07) is 38.7. The SMILES string of the molecule is CCCc1c(C)c2[nH]c1cnc1ccccc1[nH]c(=O)c1cccc(n1)c(=O)[nH]c1ccccc1ncc1[nH]c(c(C)c1CCC)c1[nH]c(cnc3ccccc3[nH]c(=O)c3cccc(n3)c(=O)[nH]c3ccccc3ncc3[nH]c2c(C)c3CCC)c(CCC)c1C. The van der Waals surface area contributed by atoms with Gasteiger partial charge in [-0.2, -0.15) is 0 Å². The molecule has 0 spiro atoms. The number of para-hydroxylation sites is 8. The average molecular weight is 1220 g/mol. The van der Waals surface area contributed by atoms with Gasteiger partial charge in [-0.05, 0) is 171 Å². The second-order valence-corrected chi connectivity index (χ2v) is 22.8. The molecule has 0 aliphatic carbocycles. The fourth-order valence-electron chi connectivity index (χ4n) is 11.8. The number of aryl methyl sites for hydroxylation is 8. The third-order valence-corrected chi connectivity index (χ3v) is 16.5. The molecule has 18 heteroatoms. The number of fused-ring (bicyclic) bond motifs is 18. The standard InChI is InChI=1S/C74H74N14O4/c1-9-23-47-43(5)67-68-44(6)48(24-10-2)64(82-68)40-76-52-28-14-18-32-56(52)86-73(91)61-37-22-38-62(80-61)74(92)88-58-34-20-16-30-54(58)78-42-66-50(26-12-4)46(8)70(84-66)69-45(7)49(25-11-3)65(83-69)41-77-53-29-15-19-33-57(53)87-72(90)60-36-21-35-59(79-60)71(89)85-55-31-17-13-27-51(55)75-39-63(47)81-67/h13-22,27-42,81-84H,9-12,23-26H2,1-8H3,(H,85,89)(H,86,91)(H,87,90)(H,88,92). The second kappa shape index (κ2) is 28.1. The lowest BCUT2D eigenvalue weighted by Crippen LogP contribution is -2.08. The Morgan fingerprint density at radius 3 is 0.685 bits per heavy atom. The Bertz CT molecular complexity index is 4870. The van der Waals surface area contributed by atoms with Crippen molar-refractivity contribution < 1.29 is 0 Å². The number of H-pyrrole nitrogens is 8. The molecule has 12 bridgehead atoms. The molecule has 464 valence electrons. The predicted octanol–water partition coefficient (Wildman–Crippen LogP) is 15.1. The van der Waals surface area contributed by atoms with Gasteiger partial charge in [-0.15, -0.1) is 0 Å². The first-order valence-electron chi connectivity index (χ1n) is 31.3. The van der Waals surface area contributed by atoms with Crippen LogP contribution in [0.2, 0.25) is 0 Å². The minimum Gasteiger partial charge on any atom is -0.352 e. The molecular weight excluding hydrogens is 1150 g/mol. The number of aromatic nitrogens is 14. The first-order valence-corrected chi connectivity index (χ1v) is 31.3. The molecule has 0 aliphatic rings. The Hall–Kier alpha value is -11.1. The monoisotopic (exact) mass is 1220 g/mol. The van der Waals surface area contributed by atoms with Crippen LogP contribution < -0.4 is 22.2 Å². The number of hydrogen-bond acceptors (Lipinski definition) is 10. The summed E-state index contributed by atoms with van der Waals surface area (Å²) in [7, 11) is 0. The van der Waals surface area contributed by atoms with Gasteiger partial charge in [-0.1, -0.05) is 114 Å². The van der Waals surface area contributed by atoms with Gasteiger partial charge in [0.15, 0.2) is 0 Å². The number of nitrogens with one attached hydrogen (secondary N) is 8. The molecule has 4 aromatic carbocycles. The molecule has 92 heavy (non-hydrogen) atoms. The molecule has 7 heterocycles. The molecule has 0 aliphatic heterocycles. The summed E-state index contributed by atoms with van der Waals surface area (Å²) in [5.74, 6) is 0. The van der Waals surface area contributed by atoms with Crippen molar-refractivity contribution in [1.82, 2.24) is 69.8 Å². The van der Waals surface area contributed by atoms with Crippen molar-refractivity contribution in [2.75, 3.05) is 0 Å². The van der Waals surface area contributed by atoms with Crippen LogP contribution in [-0.4, -0.2) is 69.8 Å². The van der Waals surface area contributed by atoms with Crippen LogP contribution in [-0.2, 0) is 25.7 Å². The minimum absolute atomic E-state index is 0.0426. The van der Waals surface area contributed by atoms with Gasteiger partial charge in [0.25, 0.3) is 22.2 Å². The largest absolute Gasteiger partial charge is 0.352 e. The molecule has 0 atom stereocenters. The number of benzene rings is 4. The molecule has 0 saturated carbocycles. The van der Waals surface area contributed by atoms with Crippen LogP contribution in [0.15, 0.2) is 177 Å². The van der Waals surface area contributed by atoms with Gasteiger partial charge in [0, 0.05) is 0 Å². The fourth-order valence-corrected chi connectivity index (χ4v) is 11.8. The summed E-state index contributed by atoms with van der Waals surface area (Å²) < 4.78 is 0. The highest BCUT2D eigenvalue weighted by Gasteiger charge is 2.16. The van der Waals surface area contributed by atoms with Crippen molar-refractivity contribution in [2.24, 2.45) is 0 Å². The lowest BCUT2D eigenvalue weighted by Gasteiger charge is -1.98. The Kier molecular flexibility index (Phi) is 19.1. The van der Waals surface area contributed by atoms with E-state index in [1.807, 2.05) is 72.8 Å². The van der Waals surface area contributed by atoms with Gasteiger partial charge in [-0.3, -0.25) is 39.1 Å². The first kappa shape index (κ1) is 62.5. The zero-order chi connectivity index (χ0) is 64.4. The molecular formula is C74H74N14O4. The van der Waals surface area contributed by atoms with Crippen molar-refractivity contribution in [3.63, 3.8) is 0 Å². The Balaban J connectivity index is 1.17. The predicted molar refractivity (Wildman–Crippen MR) is 375 cm³/mol. The van der Waals surface area contributed by atoms with Crippen LogP contribution in [0.5, 0.6) is 0 Å². The summed E-state index contributed by atoms with van der Waals surface area (Å²) in [6.07, 6.45) is 13.9. The smallest absolute Gasteiger partial charge is 0.274 e. The Morgan fingerprint density at radius 1 is 0.261 bits per heavy atom. The van der Waals surface area contributed by atoms with Gasteiger partial charge < -0.3 is 39.9 Å². The van der Waals surface area contributed by atoms with Gasteiger partial charge >= 0.3 is 0 Å². The molecule has 7 aromatic heterocycles. The number of nitrogens with zero attached hydrogens (tertiary/aromatic N) is 6. The van der Waals surface area contributed by atoms with E-state index in [4.69, 9.17) is 19.9 Å². The highest BCUT2D eigenvalue weighted by atomic mass is 16.1. The fraction of sp³-hybridized carbons (Fsp3) is 0.216. The van der Waals surface area contributed by atoms with E-state index in [0.29, 0.717) is 44.1 Å². The third-order valence-electron chi connectivity index (χ3n) is 16.5. The van der Waals surface area contributed by atoms with Gasteiger partial charge in [0.2, 0.25) is 0 Å². The van der Waals surface area contributed by atoms with Crippen molar-refractivity contribution in [2.45, 2.75) is 107 Å². The van der Waals surface area contributed by atoms with Crippen LogP contribution in [0.25, 0.3) is 110 Å². The molecule has 11 rings (SSSR count). The zero-order valence-corrected chi connectivity index (χ0v) is 53.0. The van der Waals surface area contributed by atoms with E-state index in [1.54, 1.807) is 85.5 Å². The average Bonchev–Trinajstić information content (AvgIpc) is 1.69. The van der Waals surface area contributed by atoms with Crippen LogP contribution in [0.1, 0.15) is 97.9 Å². The lowest BCUT2D eigenvalue weighted by molar-refractivity contribution is 0.923. The number of hydrogen-bond donors (Lipinski definition) is 8. The van der Waals surface area contributed by atoms with E-state index >= 15 is 0 Å². The van der Waals surface area contributed by atoms with Gasteiger partial charge in [0.05, 0.1) is 113 Å². The topological polar surface area (TPSA) is 272 Å². The molecule has 8 N–H and O–H groups in total. The molecule has 18 nitrogen and oxygen atoms in total. The number of pyridine rings is 2. The van der Waals surface area contributed by atoms with E-state index in [0.717, 1.165) is 140 Å². The zero-order valence-electron chi connectivity index (χ0n) is 53.0. The first-order chi connectivity index (χ1) is 44.7. The summed E-state index contributed by atoms with van der Waals surface area (Å²) >= 11 is 0. The summed E-state index contributed by atoms with van der Waals surface area (Å²) in [6.45, 7) is 17.0. The van der Waals surface area contributed by atoms with Crippen molar-refractivity contribution >= 4 is 110 Å². The van der Waals surface area contributed by atoms with E-state index in [9.17, 15) is 19.2 Å². The van der Waals surface area contributed by atoms with Gasteiger partial charge in [-0.25, -0.2) is 9.97 Å². The maximum atomic E-state index is 14.1. The van der Waals surface area contributed by atoms with Gasteiger partial charge in [0.1, 0.15) is 22.1 Å². The molecule has 0 fully saturated rings.